The van der Waals surface area contributed by atoms with Crippen LogP contribution in [0.3, 0.4) is 0 Å². The second-order valence-corrected chi connectivity index (χ2v) is 8.18. The number of benzene rings is 1. The second-order valence-electron chi connectivity index (χ2n) is 7.74. The van der Waals surface area contributed by atoms with E-state index < -0.39 is 0 Å². The van der Waals surface area contributed by atoms with Crippen LogP contribution in [0.2, 0.25) is 5.02 Å². The lowest BCUT2D eigenvalue weighted by molar-refractivity contribution is 0.0449. The molecule has 0 aliphatic carbocycles. The molecule has 3 rings (SSSR count). The second kappa shape index (κ2) is 9.89. The molecule has 2 aromatic rings. The maximum atomic E-state index is 13.0. The molecule has 2 heterocycles. The molecule has 170 valence electrons. The first-order chi connectivity index (χ1) is 14.8. The van der Waals surface area contributed by atoms with Crippen LogP contribution in [0.25, 0.3) is 0 Å². The van der Waals surface area contributed by atoms with Gasteiger partial charge in [0.15, 0.2) is 0 Å². The fourth-order valence-electron chi connectivity index (χ4n) is 4.17. The third-order valence-electron chi connectivity index (χ3n) is 5.80. The van der Waals surface area contributed by atoms with E-state index in [9.17, 15) is 9.59 Å². The van der Waals surface area contributed by atoms with Gasteiger partial charge in [-0.25, -0.2) is 0 Å². The molecular weight excluding hydrogens is 420 g/mol. The van der Waals surface area contributed by atoms with E-state index in [2.05, 4.69) is 22.2 Å². The van der Waals surface area contributed by atoms with Crippen LogP contribution >= 0.6 is 11.6 Å². The van der Waals surface area contributed by atoms with Crippen molar-refractivity contribution < 1.29 is 14.3 Å². The van der Waals surface area contributed by atoms with Gasteiger partial charge in [0.1, 0.15) is 6.10 Å². The number of aromatic nitrogens is 2. The molecule has 2 N–H and O–H groups in total. The van der Waals surface area contributed by atoms with E-state index in [0.717, 1.165) is 23.5 Å². The molecule has 2 atom stereocenters. The number of anilines is 1. The topological polar surface area (TPSA) is 88.6 Å². The average Bonchev–Trinajstić information content (AvgIpc) is 3.27. The normalized spacial score (nSPS) is 18.4. The molecule has 1 aliphatic heterocycles. The Kier molecular flexibility index (Phi) is 7.46. The Hall–Kier alpha value is -2.29. The molecule has 0 spiro atoms. The van der Waals surface area contributed by atoms with Crippen LogP contribution < -0.4 is 15.8 Å². The fraction of sp³-hybridized carbons (Fsp3) is 0.545. The molecule has 0 radical (unpaired) electrons. The van der Waals surface area contributed by atoms with E-state index in [1.165, 1.54) is 4.68 Å². The predicted octanol–water partition coefficient (Wildman–Crippen LogP) is 2.54. The highest BCUT2D eigenvalue weighted by Gasteiger charge is 2.34. The van der Waals surface area contributed by atoms with Crippen molar-refractivity contribution in [2.75, 3.05) is 31.3 Å². The lowest BCUT2D eigenvalue weighted by Crippen LogP contribution is -2.45. The number of ether oxygens (including phenoxy) is 2. The standard InChI is InChI=1S/C22H31ClN4O4/c1-6-27(19-11-30-12-20(19)31-7-2)18-9-15(23)8-16(13(18)3)21(28)24-10-17-14(4)25-26(5)22(17)29/h8-9,19-20,25H,6-7,10-12H2,1-5H3,(H,24,28). The van der Waals surface area contributed by atoms with Crippen molar-refractivity contribution in [2.45, 2.75) is 46.4 Å². The van der Waals surface area contributed by atoms with Gasteiger partial charge >= 0.3 is 0 Å². The number of nitrogens with one attached hydrogen (secondary N) is 2. The van der Waals surface area contributed by atoms with E-state index in [4.69, 9.17) is 21.1 Å². The summed E-state index contributed by atoms with van der Waals surface area (Å²) in [4.78, 5) is 27.4. The molecular formula is C22H31ClN4O4. The zero-order valence-corrected chi connectivity index (χ0v) is 19.5. The Morgan fingerprint density at radius 2 is 2.10 bits per heavy atom. The van der Waals surface area contributed by atoms with Gasteiger partial charge < -0.3 is 19.7 Å². The smallest absolute Gasteiger partial charge is 0.271 e. The third-order valence-corrected chi connectivity index (χ3v) is 6.02. The molecule has 8 nitrogen and oxygen atoms in total. The maximum Gasteiger partial charge on any atom is 0.271 e. The molecule has 31 heavy (non-hydrogen) atoms. The predicted molar refractivity (Wildman–Crippen MR) is 121 cm³/mol. The lowest BCUT2D eigenvalue weighted by Gasteiger charge is -2.34. The van der Waals surface area contributed by atoms with Crippen molar-refractivity contribution in [1.29, 1.82) is 0 Å². The summed E-state index contributed by atoms with van der Waals surface area (Å²) in [6, 6.07) is 3.59. The van der Waals surface area contributed by atoms with Gasteiger partial charge in [0, 0.05) is 42.2 Å². The summed E-state index contributed by atoms with van der Waals surface area (Å²) < 4.78 is 12.9. The molecule has 1 amide bonds. The number of aromatic amines is 1. The number of amides is 1. The van der Waals surface area contributed by atoms with Gasteiger partial charge in [0.25, 0.3) is 11.5 Å². The monoisotopic (exact) mass is 450 g/mol. The summed E-state index contributed by atoms with van der Waals surface area (Å²) in [7, 11) is 1.65. The van der Waals surface area contributed by atoms with E-state index in [-0.39, 0.29) is 30.2 Å². The van der Waals surface area contributed by atoms with Crippen molar-refractivity contribution in [3.05, 3.63) is 49.9 Å². The number of rotatable bonds is 8. The summed E-state index contributed by atoms with van der Waals surface area (Å²) in [5.41, 5.74) is 3.31. The Balaban J connectivity index is 1.87. The maximum absolute atomic E-state index is 13.0. The van der Waals surface area contributed by atoms with Crippen molar-refractivity contribution in [2.24, 2.45) is 7.05 Å². The van der Waals surface area contributed by atoms with Crippen LogP contribution in [0.4, 0.5) is 5.69 Å². The SMILES string of the molecule is CCOC1COCC1N(CC)c1cc(Cl)cc(C(=O)NCc2c(C)[nH]n(C)c2=O)c1C. The van der Waals surface area contributed by atoms with Crippen molar-refractivity contribution >= 4 is 23.2 Å². The first kappa shape index (κ1) is 23.4. The highest BCUT2D eigenvalue weighted by atomic mass is 35.5. The van der Waals surface area contributed by atoms with Crippen LogP contribution in [0, 0.1) is 13.8 Å². The van der Waals surface area contributed by atoms with Crippen molar-refractivity contribution in [1.82, 2.24) is 15.1 Å². The number of nitrogens with zero attached hydrogens (tertiary/aromatic N) is 2. The third kappa shape index (κ3) is 4.81. The average molecular weight is 451 g/mol. The number of carbonyl (C=O) groups excluding carboxylic acids is 1. The van der Waals surface area contributed by atoms with Gasteiger partial charge in [-0.2, -0.15) is 0 Å². The van der Waals surface area contributed by atoms with E-state index in [1.54, 1.807) is 13.1 Å². The molecule has 1 aromatic heterocycles. The van der Waals surface area contributed by atoms with Gasteiger partial charge in [-0.15, -0.1) is 0 Å². The van der Waals surface area contributed by atoms with Gasteiger partial charge in [-0.1, -0.05) is 11.6 Å². The van der Waals surface area contributed by atoms with E-state index in [1.807, 2.05) is 26.8 Å². The highest BCUT2D eigenvalue weighted by Crippen LogP contribution is 2.32. The Labute approximate surface area is 187 Å². The fourth-order valence-corrected chi connectivity index (χ4v) is 4.39. The number of likely N-dealkylation sites (N-methyl/N-ethyl adjacent to an activating group) is 1. The highest BCUT2D eigenvalue weighted by molar-refractivity contribution is 6.31. The number of H-pyrrole nitrogens is 1. The molecule has 0 bridgehead atoms. The number of carbonyl (C=O) groups is 1. The minimum absolute atomic E-state index is 0.0339. The summed E-state index contributed by atoms with van der Waals surface area (Å²) in [5.74, 6) is -0.274. The summed E-state index contributed by atoms with van der Waals surface area (Å²) in [6.45, 7) is 10.3. The van der Waals surface area contributed by atoms with Gasteiger partial charge in [-0.3, -0.25) is 19.4 Å². The Morgan fingerprint density at radius 3 is 2.71 bits per heavy atom. The van der Waals surface area contributed by atoms with Crippen LogP contribution in [0.5, 0.6) is 0 Å². The lowest BCUT2D eigenvalue weighted by atomic mass is 10.0. The van der Waals surface area contributed by atoms with E-state index >= 15 is 0 Å². The van der Waals surface area contributed by atoms with Crippen molar-refractivity contribution in [3.63, 3.8) is 0 Å². The van der Waals surface area contributed by atoms with Crippen LogP contribution in [0.1, 0.15) is 41.0 Å². The molecule has 1 aliphatic rings. The molecule has 0 saturated carbocycles. The quantitative estimate of drug-likeness (QED) is 0.645. The van der Waals surface area contributed by atoms with Crippen molar-refractivity contribution in [3.8, 4) is 0 Å². The first-order valence-corrected chi connectivity index (χ1v) is 10.9. The first-order valence-electron chi connectivity index (χ1n) is 10.6. The van der Waals surface area contributed by atoms with Gasteiger partial charge in [-0.05, 0) is 45.4 Å². The van der Waals surface area contributed by atoms with Crippen LogP contribution in [-0.2, 0) is 23.1 Å². The Morgan fingerprint density at radius 1 is 1.35 bits per heavy atom. The molecule has 1 aromatic carbocycles. The summed E-state index contributed by atoms with van der Waals surface area (Å²) in [6.07, 6.45) is -0.0339. The van der Waals surface area contributed by atoms with Gasteiger partial charge in [0.05, 0.1) is 31.4 Å². The number of hydrogen-bond donors (Lipinski definition) is 2. The van der Waals surface area contributed by atoms with Crippen LogP contribution in [-0.4, -0.2) is 54.2 Å². The molecule has 1 saturated heterocycles. The zero-order valence-electron chi connectivity index (χ0n) is 18.8. The number of hydrogen-bond acceptors (Lipinski definition) is 5. The molecule has 1 fully saturated rings. The summed E-state index contributed by atoms with van der Waals surface area (Å²) in [5, 5.41) is 6.28. The Bertz CT molecular complexity index is 1000. The zero-order chi connectivity index (χ0) is 22.7. The number of halogens is 1. The van der Waals surface area contributed by atoms with Gasteiger partial charge in [0.2, 0.25) is 0 Å². The van der Waals surface area contributed by atoms with E-state index in [0.29, 0.717) is 36.0 Å². The summed E-state index contributed by atoms with van der Waals surface area (Å²) >= 11 is 6.41. The number of aryl methyl sites for hydroxylation is 2. The molecule has 2 unspecified atom stereocenters. The van der Waals surface area contributed by atoms with Crippen LogP contribution in [0.15, 0.2) is 16.9 Å². The minimum atomic E-state index is -0.274. The molecule has 9 heteroatoms. The minimum Gasteiger partial charge on any atom is -0.376 e. The largest absolute Gasteiger partial charge is 0.376 e.